The molecule has 0 aliphatic carbocycles. The Morgan fingerprint density at radius 1 is 0.897 bits per heavy atom. The van der Waals surface area contributed by atoms with Gasteiger partial charge in [0.15, 0.2) is 23.9 Å². The zero-order valence-corrected chi connectivity index (χ0v) is 23.4. The lowest BCUT2D eigenvalue weighted by Gasteiger charge is -2.21. The lowest BCUT2D eigenvalue weighted by Crippen LogP contribution is -2.25. The molecule has 0 spiro atoms. The van der Waals surface area contributed by atoms with Crippen LogP contribution >= 0.6 is 34.8 Å². The first kappa shape index (κ1) is 28.4. The van der Waals surface area contributed by atoms with Crippen molar-refractivity contribution in [2.75, 3.05) is 19.5 Å². The number of carbonyl (C=O) groups excluding carboxylic acids is 1. The Kier molecular flexibility index (Phi) is 9.41. The topological polar surface area (TPSA) is 83.7 Å². The molecule has 0 aliphatic heterocycles. The predicted octanol–water partition coefficient (Wildman–Crippen LogP) is 7.05. The molecule has 0 radical (unpaired) electrons. The quantitative estimate of drug-likeness (QED) is 0.122. The molecule has 0 saturated heterocycles. The number of para-hydroxylation sites is 1. The van der Waals surface area contributed by atoms with E-state index in [1.54, 1.807) is 42.5 Å². The van der Waals surface area contributed by atoms with Crippen molar-refractivity contribution >= 4 is 46.5 Å². The number of pyridine rings is 1. The molecule has 3 aromatic carbocycles. The number of anilines is 1. The summed E-state index contributed by atoms with van der Waals surface area (Å²) in [5.74, 6) is 0.441. The molecule has 10 heteroatoms. The summed E-state index contributed by atoms with van der Waals surface area (Å²) >= 11 is 18.9. The van der Waals surface area contributed by atoms with Crippen LogP contribution in [0.1, 0.15) is 33.2 Å². The minimum Gasteiger partial charge on any atom is -0.619 e. The number of halogens is 3. The van der Waals surface area contributed by atoms with Crippen LogP contribution in [0.3, 0.4) is 0 Å². The number of rotatable bonds is 10. The van der Waals surface area contributed by atoms with Gasteiger partial charge in [0.1, 0.15) is 16.1 Å². The molecule has 4 aromatic rings. The van der Waals surface area contributed by atoms with E-state index in [2.05, 4.69) is 5.32 Å². The van der Waals surface area contributed by atoms with Crippen molar-refractivity contribution in [1.82, 2.24) is 0 Å². The molecule has 0 aliphatic rings. The second-order valence-electron chi connectivity index (χ2n) is 8.54. The van der Waals surface area contributed by atoms with Crippen LogP contribution < -0.4 is 19.5 Å². The van der Waals surface area contributed by atoms with Gasteiger partial charge in [0.05, 0.1) is 30.5 Å². The zero-order valence-electron chi connectivity index (χ0n) is 21.1. The van der Waals surface area contributed by atoms with Gasteiger partial charge < -0.3 is 24.7 Å². The number of hydrogen-bond donors (Lipinski definition) is 1. The number of nitrogens with one attached hydrogen (secondary N) is 1. The van der Waals surface area contributed by atoms with E-state index in [0.717, 1.165) is 11.3 Å². The number of esters is 1. The normalized spacial score (nSPS) is 11.5. The minimum absolute atomic E-state index is 0.119. The maximum Gasteiger partial charge on any atom is 0.338 e. The molecule has 0 bridgehead atoms. The van der Waals surface area contributed by atoms with E-state index in [0.29, 0.717) is 44.5 Å². The van der Waals surface area contributed by atoms with Gasteiger partial charge in [-0.15, -0.1) is 0 Å². The summed E-state index contributed by atoms with van der Waals surface area (Å²) in [7, 11) is 3.05. The molecule has 0 amide bonds. The molecule has 7 nitrogen and oxygen atoms in total. The Hall–Kier alpha value is -3.65. The number of nitrogens with zero attached hydrogens (tertiary/aromatic N) is 1. The Morgan fingerprint density at radius 2 is 1.62 bits per heavy atom. The first-order chi connectivity index (χ1) is 18.8. The first-order valence-electron chi connectivity index (χ1n) is 11.9. The SMILES string of the molecule is COc1ccc(C(Cc2c(Cl)c[n+]([O-])cc2Cl)OC(=O)c2cccc(CNc3ccccc3Cl)c2)cc1OC. The largest absolute Gasteiger partial charge is 0.619 e. The Labute approximate surface area is 241 Å². The van der Waals surface area contributed by atoms with Crippen LogP contribution in [-0.4, -0.2) is 20.2 Å². The van der Waals surface area contributed by atoms with Crippen LogP contribution in [0, 0.1) is 5.21 Å². The molecule has 4 rings (SSSR count). The average molecular weight is 588 g/mol. The molecule has 1 atom stereocenters. The summed E-state index contributed by atoms with van der Waals surface area (Å²) in [6.45, 7) is 0.453. The van der Waals surface area contributed by atoms with E-state index in [1.807, 2.05) is 24.3 Å². The van der Waals surface area contributed by atoms with Gasteiger partial charge in [0, 0.05) is 18.5 Å². The second-order valence-corrected chi connectivity index (χ2v) is 9.76. The monoisotopic (exact) mass is 586 g/mol. The number of hydrogen-bond acceptors (Lipinski definition) is 6. The van der Waals surface area contributed by atoms with Gasteiger partial charge in [-0.3, -0.25) is 0 Å². The fourth-order valence-corrected chi connectivity index (χ4v) is 4.80. The van der Waals surface area contributed by atoms with Crippen LogP contribution in [-0.2, 0) is 17.7 Å². The van der Waals surface area contributed by atoms with Crippen LogP contribution in [0.25, 0.3) is 0 Å². The Balaban J connectivity index is 1.60. The van der Waals surface area contributed by atoms with Crippen molar-refractivity contribution in [3.8, 4) is 11.5 Å². The third kappa shape index (κ3) is 7.06. The van der Waals surface area contributed by atoms with Crippen molar-refractivity contribution in [2.45, 2.75) is 19.1 Å². The highest BCUT2D eigenvalue weighted by Crippen LogP contribution is 2.35. The van der Waals surface area contributed by atoms with Crippen molar-refractivity contribution < 1.29 is 23.7 Å². The van der Waals surface area contributed by atoms with E-state index >= 15 is 0 Å². The molecule has 39 heavy (non-hydrogen) atoms. The first-order valence-corrected chi connectivity index (χ1v) is 13.0. The van der Waals surface area contributed by atoms with E-state index in [-0.39, 0.29) is 16.5 Å². The van der Waals surface area contributed by atoms with Gasteiger partial charge in [-0.25, -0.2) is 4.79 Å². The molecule has 0 fully saturated rings. The standard InChI is InChI=1S/C29H25Cl3N2O5/c1-37-26-11-10-19(13-28(26)38-2)27(14-21-23(31)16-34(36)17-24(21)32)39-29(35)20-7-5-6-18(12-20)15-33-25-9-4-3-8-22(25)30/h3-13,16-17,27,33H,14-15H2,1-2H3. The van der Waals surface area contributed by atoms with Crippen LogP contribution in [0.15, 0.2) is 79.1 Å². The van der Waals surface area contributed by atoms with Gasteiger partial charge in [-0.05, 0) is 47.5 Å². The molecular formula is C29H25Cl3N2O5. The van der Waals surface area contributed by atoms with Crippen LogP contribution in [0.2, 0.25) is 15.1 Å². The van der Waals surface area contributed by atoms with Gasteiger partial charge in [-0.2, -0.15) is 4.73 Å². The summed E-state index contributed by atoms with van der Waals surface area (Å²) in [5.41, 5.74) is 3.11. The zero-order chi connectivity index (χ0) is 27.9. The molecule has 1 heterocycles. The van der Waals surface area contributed by atoms with E-state index in [4.69, 9.17) is 49.0 Å². The van der Waals surface area contributed by atoms with Crippen molar-refractivity contribution in [3.05, 3.63) is 122 Å². The van der Waals surface area contributed by atoms with Crippen LogP contribution in [0.4, 0.5) is 5.69 Å². The Bertz CT molecular complexity index is 1460. The average Bonchev–Trinajstić information content (AvgIpc) is 2.93. The fourth-order valence-electron chi connectivity index (χ4n) is 4.00. The van der Waals surface area contributed by atoms with Crippen molar-refractivity contribution in [3.63, 3.8) is 0 Å². The Morgan fingerprint density at radius 3 is 2.31 bits per heavy atom. The third-order valence-electron chi connectivity index (χ3n) is 6.00. The summed E-state index contributed by atoms with van der Waals surface area (Å²) in [6, 6.07) is 19.7. The summed E-state index contributed by atoms with van der Waals surface area (Å²) < 4.78 is 17.3. The second kappa shape index (κ2) is 12.9. The van der Waals surface area contributed by atoms with Crippen LogP contribution in [0.5, 0.6) is 11.5 Å². The fraction of sp³-hybridized carbons (Fsp3) is 0.172. The molecule has 202 valence electrons. The number of aromatic nitrogens is 1. The molecular weight excluding hydrogens is 563 g/mol. The minimum atomic E-state index is -0.806. The van der Waals surface area contributed by atoms with Crippen molar-refractivity contribution in [2.24, 2.45) is 0 Å². The van der Waals surface area contributed by atoms with Gasteiger partial charge in [0.25, 0.3) is 0 Å². The maximum absolute atomic E-state index is 13.4. The van der Waals surface area contributed by atoms with Gasteiger partial charge >= 0.3 is 5.97 Å². The summed E-state index contributed by atoms with van der Waals surface area (Å²) in [6.07, 6.45) is 1.71. The summed E-state index contributed by atoms with van der Waals surface area (Å²) in [5, 5.41) is 15.9. The third-order valence-corrected chi connectivity index (χ3v) is 6.98. The summed E-state index contributed by atoms with van der Waals surface area (Å²) in [4.78, 5) is 13.4. The van der Waals surface area contributed by atoms with Crippen molar-refractivity contribution in [1.29, 1.82) is 0 Å². The van der Waals surface area contributed by atoms with E-state index in [9.17, 15) is 10.0 Å². The smallest absolute Gasteiger partial charge is 0.338 e. The van der Waals surface area contributed by atoms with E-state index < -0.39 is 12.1 Å². The highest BCUT2D eigenvalue weighted by atomic mass is 35.5. The highest BCUT2D eigenvalue weighted by molar-refractivity contribution is 6.35. The number of benzene rings is 3. The lowest BCUT2D eigenvalue weighted by atomic mass is 10.0. The molecule has 0 saturated carbocycles. The number of ether oxygens (including phenoxy) is 3. The lowest BCUT2D eigenvalue weighted by molar-refractivity contribution is -0.605. The predicted molar refractivity (Wildman–Crippen MR) is 152 cm³/mol. The molecule has 1 aromatic heterocycles. The maximum atomic E-state index is 13.4. The van der Waals surface area contributed by atoms with E-state index in [1.165, 1.54) is 26.6 Å². The number of methoxy groups -OCH3 is 2. The van der Waals surface area contributed by atoms with Gasteiger partial charge in [-0.1, -0.05) is 65.1 Å². The molecule has 1 N–H and O–H groups in total. The van der Waals surface area contributed by atoms with Gasteiger partial charge in [0.2, 0.25) is 0 Å². The highest BCUT2D eigenvalue weighted by Gasteiger charge is 2.24. The number of carbonyl (C=O) groups is 1. The molecule has 1 unspecified atom stereocenters.